The zero-order chi connectivity index (χ0) is 28.7. The van der Waals surface area contributed by atoms with Crippen molar-refractivity contribution in [3.8, 4) is 11.4 Å². The average Bonchev–Trinajstić information content (AvgIpc) is 3.43. The number of nitrogens with zero attached hydrogens (tertiary/aromatic N) is 4. The molecule has 11 heteroatoms. The number of hydrogen-bond donors (Lipinski definition) is 3. The molecule has 0 aliphatic carbocycles. The maximum Gasteiger partial charge on any atom is 0.327 e. The third-order valence-electron chi connectivity index (χ3n) is 7.06. The van der Waals surface area contributed by atoms with Crippen molar-refractivity contribution in [1.29, 1.82) is 0 Å². The maximum atomic E-state index is 13.3. The van der Waals surface area contributed by atoms with Gasteiger partial charge in [0, 0.05) is 11.8 Å². The van der Waals surface area contributed by atoms with Crippen LogP contribution in [0.1, 0.15) is 27.8 Å². The molecular formula is C30H28N6O4S. The second-order valence-electron chi connectivity index (χ2n) is 10.1. The quantitative estimate of drug-likeness (QED) is 0.273. The minimum absolute atomic E-state index is 0.0338. The Labute approximate surface area is 236 Å². The fourth-order valence-corrected chi connectivity index (χ4v) is 5.40. The van der Waals surface area contributed by atoms with Crippen LogP contribution >= 0.6 is 0 Å². The lowest BCUT2D eigenvalue weighted by molar-refractivity contribution is 0.282. The summed E-state index contributed by atoms with van der Waals surface area (Å²) in [7, 11) is -3.37. The zero-order valence-corrected chi connectivity index (χ0v) is 23.3. The van der Waals surface area contributed by atoms with Gasteiger partial charge in [-0.3, -0.25) is 4.57 Å². The molecule has 10 nitrogen and oxygen atoms in total. The van der Waals surface area contributed by atoms with Gasteiger partial charge in [0.15, 0.2) is 15.7 Å². The lowest BCUT2D eigenvalue weighted by Crippen LogP contribution is -2.22. The third-order valence-corrected chi connectivity index (χ3v) is 8.19. The number of nitrogens with one attached hydrogen (secondary N) is 2. The van der Waals surface area contributed by atoms with E-state index in [1.807, 2.05) is 60.0 Å². The number of H-pyrrole nitrogens is 1. The van der Waals surface area contributed by atoms with Crippen molar-refractivity contribution in [2.75, 3.05) is 11.6 Å². The number of benzene rings is 3. The van der Waals surface area contributed by atoms with Crippen LogP contribution in [0.3, 0.4) is 0 Å². The summed E-state index contributed by atoms with van der Waals surface area (Å²) in [6.45, 7) is 2.76. The second kappa shape index (κ2) is 10.3. The van der Waals surface area contributed by atoms with Crippen molar-refractivity contribution in [3.05, 3.63) is 117 Å². The van der Waals surface area contributed by atoms with Crippen LogP contribution in [0.25, 0.3) is 11.4 Å². The van der Waals surface area contributed by atoms with Crippen LogP contribution in [0.15, 0.2) is 93.8 Å². The molecule has 0 saturated heterocycles. The fourth-order valence-electron chi connectivity index (χ4n) is 4.77. The largest absolute Gasteiger partial charge is 0.392 e. The van der Waals surface area contributed by atoms with Gasteiger partial charge in [-0.15, -0.1) is 0 Å². The number of sulfone groups is 1. The number of anilines is 1. The molecule has 0 saturated carbocycles. The number of rotatable bonds is 7. The molecule has 1 aliphatic heterocycles. The van der Waals surface area contributed by atoms with E-state index in [0.717, 1.165) is 28.5 Å². The number of aliphatic hydroxyl groups is 1. The Bertz CT molecular complexity index is 1930. The standard InChI is InChI=1S/C30H28N6O4S/c1-19-3-5-21(6-4-19)16-36-29-26(32-30(36)38)25-28(35(18-31-25)15-20-7-9-22(17-37)10-8-20)33-27(34-29)23-11-13-24(14-12-23)41(2,39)40/h3-14,18,37H,15-17H2,1-2H3,(H,32,38)(H,33,34). The first-order valence-corrected chi connectivity index (χ1v) is 14.9. The molecule has 5 aromatic rings. The molecule has 0 bridgehead atoms. The van der Waals surface area contributed by atoms with E-state index in [9.17, 15) is 18.3 Å². The normalized spacial score (nSPS) is 12.7. The van der Waals surface area contributed by atoms with Crippen molar-refractivity contribution in [2.24, 2.45) is 4.99 Å². The van der Waals surface area contributed by atoms with Gasteiger partial charge in [0.05, 0.1) is 30.9 Å². The Balaban J connectivity index is 1.48. The van der Waals surface area contributed by atoms with Gasteiger partial charge in [-0.25, -0.2) is 23.2 Å². The van der Waals surface area contributed by atoms with Crippen LogP contribution in [0.4, 0.5) is 11.6 Å². The van der Waals surface area contributed by atoms with E-state index in [1.165, 1.54) is 12.1 Å². The smallest absolute Gasteiger partial charge is 0.327 e. The SMILES string of the molecule is Cc1ccc(Cn2c3c([nH]c2=O)-c2ncn(Cc4ccc(CO)cc4)c2N=C(c2ccc(S(C)(=O)=O)cc2)N3)cc1. The minimum atomic E-state index is -3.37. The summed E-state index contributed by atoms with van der Waals surface area (Å²) in [5.41, 5.74) is 5.26. The molecule has 0 amide bonds. The Morgan fingerprint density at radius 2 is 1.51 bits per heavy atom. The molecule has 0 spiro atoms. The molecule has 0 unspecified atom stereocenters. The van der Waals surface area contributed by atoms with Gasteiger partial charge < -0.3 is 20.0 Å². The van der Waals surface area contributed by atoms with Gasteiger partial charge in [-0.1, -0.05) is 54.1 Å². The highest BCUT2D eigenvalue weighted by Crippen LogP contribution is 2.36. The summed E-state index contributed by atoms with van der Waals surface area (Å²) in [5.74, 6) is 1.49. The molecule has 1 aliphatic rings. The van der Waals surface area contributed by atoms with Gasteiger partial charge in [0.25, 0.3) is 0 Å². The van der Waals surface area contributed by atoms with Crippen molar-refractivity contribution in [1.82, 2.24) is 19.1 Å². The third kappa shape index (κ3) is 5.24. The summed E-state index contributed by atoms with van der Waals surface area (Å²) in [6.07, 6.45) is 2.85. The summed E-state index contributed by atoms with van der Waals surface area (Å²) in [5, 5.41) is 12.7. The van der Waals surface area contributed by atoms with E-state index >= 15 is 0 Å². The second-order valence-corrected chi connectivity index (χ2v) is 12.1. The van der Waals surface area contributed by atoms with Crippen molar-refractivity contribution in [3.63, 3.8) is 0 Å². The molecule has 41 heavy (non-hydrogen) atoms. The summed E-state index contributed by atoms with van der Waals surface area (Å²) in [4.78, 5) is 26.0. The molecule has 3 heterocycles. The van der Waals surface area contributed by atoms with E-state index in [2.05, 4.69) is 15.3 Å². The highest BCUT2D eigenvalue weighted by molar-refractivity contribution is 7.90. The van der Waals surface area contributed by atoms with E-state index in [0.29, 0.717) is 47.5 Å². The molecule has 3 aromatic carbocycles. The molecule has 6 rings (SSSR count). The van der Waals surface area contributed by atoms with Crippen LogP contribution in [0.5, 0.6) is 0 Å². The van der Waals surface area contributed by atoms with E-state index < -0.39 is 9.84 Å². The summed E-state index contributed by atoms with van der Waals surface area (Å²) in [6, 6.07) is 22.0. The maximum absolute atomic E-state index is 13.3. The van der Waals surface area contributed by atoms with Gasteiger partial charge in [-0.05, 0) is 47.9 Å². The summed E-state index contributed by atoms with van der Waals surface area (Å²) < 4.78 is 27.6. The van der Waals surface area contributed by atoms with E-state index in [1.54, 1.807) is 23.0 Å². The first-order valence-electron chi connectivity index (χ1n) is 13.0. The van der Waals surface area contributed by atoms with Crippen LogP contribution < -0.4 is 11.0 Å². The van der Waals surface area contributed by atoms with Crippen molar-refractivity contribution in [2.45, 2.75) is 31.5 Å². The van der Waals surface area contributed by atoms with Crippen molar-refractivity contribution < 1.29 is 13.5 Å². The molecule has 3 N–H and O–H groups in total. The zero-order valence-electron chi connectivity index (χ0n) is 22.5. The molecule has 208 valence electrons. The number of imidazole rings is 2. The molecular weight excluding hydrogens is 540 g/mol. The lowest BCUT2D eigenvalue weighted by Gasteiger charge is -2.13. The van der Waals surface area contributed by atoms with Crippen molar-refractivity contribution >= 4 is 27.3 Å². The van der Waals surface area contributed by atoms with Crippen LogP contribution in [0.2, 0.25) is 0 Å². The van der Waals surface area contributed by atoms with Gasteiger partial charge in [0.2, 0.25) is 0 Å². The van der Waals surface area contributed by atoms with Gasteiger partial charge in [-0.2, -0.15) is 0 Å². The predicted molar refractivity (Wildman–Crippen MR) is 157 cm³/mol. The topological polar surface area (TPSA) is 134 Å². The molecule has 0 atom stereocenters. The number of aryl methyl sites for hydroxylation is 1. The Morgan fingerprint density at radius 3 is 2.17 bits per heavy atom. The number of amidine groups is 1. The molecule has 0 radical (unpaired) electrons. The fraction of sp³-hybridized carbons (Fsp3) is 0.167. The number of aliphatic imine (C=N–C) groups is 1. The number of hydrogen-bond acceptors (Lipinski definition) is 7. The molecule has 0 fully saturated rings. The monoisotopic (exact) mass is 568 g/mol. The Kier molecular flexibility index (Phi) is 6.68. The Morgan fingerprint density at radius 1 is 0.878 bits per heavy atom. The number of fused-ring (bicyclic) bond motifs is 3. The Hall–Kier alpha value is -4.74. The number of aromatic amines is 1. The first kappa shape index (κ1) is 26.5. The summed E-state index contributed by atoms with van der Waals surface area (Å²) >= 11 is 0. The molecule has 2 aromatic heterocycles. The van der Waals surface area contributed by atoms with Crippen LogP contribution in [-0.2, 0) is 29.5 Å². The number of aliphatic hydroxyl groups excluding tert-OH is 1. The van der Waals surface area contributed by atoms with E-state index in [-0.39, 0.29) is 17.2 Å². The minimum Gasteiger partial charge on any atom is -0.392 e. The predicted octanol–water partition coefficient (Wildman–Crippen LogP) is 3.84. The highest BCUT2D eigenvalue weighted by Gasteiger charge is 2.27. The number of aromatic nitrogens is 4. The average molecular weight is 569 g/mol. The van der Waals surface area contributed by atoms with Crippen LogP contribution in [0, 0.1) is 6.92 Å². The highest BCUT2D eigenvalue weighted by atomic mass is 32.2. The van der Waals surface area contributed by atoms with Gasteiger partial charge in [0.1, 0.15) is 23.0 Å². The lowest BCUT2D eigenvalue weighted by atomic mass is 10.1. The van der Waals surface area contributed by atoms with Gasteiger partial charge >= 0.3 is 5.69 Å². The first-order chi connectivity index (χ1) is 19.7. The van der Waals surface area contributed by atoms with Crippen LogP contribution in [-0.4, -0.2) is 44.7 Å². The van der Waals surface area contributed by atoms with E-state index in [4.69, 9.17) is 4.99 Å².